The Kier molecular flexibility index (Phi) is 5.09. The lowest BCUT2D eigenvalue weighted by Gasteiger charge is -2.10. The molecule has 0 aliphatic heterocycles. The molecule has 0 saturated carbocycles. The van der Waals surface area contributed by atoms with Gasteiger partial charge in [-0.3, -0.25) is 5.41 Å². The molecule has 0 unspecified atom stereocenters. The van der Waals surface area contributed by atoms with Crippen molar-refractivity contribution in [2.75, 3.05) is 7.11 Å². The predicted octanol–water partition coefficient (Wildman–Crippen LogP) is 4.03. The molecule has 0 amide bonds. The largest absolute Gasteiger partial charge is 0.496 e. The van der Waals surface area contributed by atoms with Gasteiger partial charge < -0.3 is 10.5 Å². The Hall–Kier alpha value is -1.46. The molecule has 0 aliphatic carbocycles. The SMILES string of the molecule is COc1ccc(C(=N)N)cc1CSc1ccc(Br)cc1. The highest BCUT2D eigenvalue weighted by Crippen LogP contribution is 2.29. The maximum atomic E-state index is 7.50. The summed E-state index contributed by atoms with van der Waals surface area (Å²) in [7, 11) is 1.65. The molecule has 0 bridgehead atoms. The summed E-state index contributed by atoms with van der Waals surface area (Å²) in [5.41, 5.74) is 7.28. The van der Waals surface area contributed by atoms with Crippen molar-refractivity contribution in [3.8, 4) is 5.75 Å². The summed E-state index contributed by atoms with van der Waals surface area (Å²) in [5.74, 6) is 1.66. The summed E-state index contributed by atoms with van der Waals surface area (Å²) in [6.45, 7) is 0. The number of methoxy groups -OCH3 is 1. The van der Waals surface area contributed by atoms with Crippen molar-refractivity contribution in [1.29, 1.82) is 5.41 Å². The maximum absolute atomic E-state index is 7.50. The van der Waals surface area contributed by atoms with E-state index in [9.17, 15) is 0 Å². The topological polar surface area (TPSA) is 59.1 Å². The normalized spacial score (nSPS) is 10.3. The van der Waals surface area contributed by atoms with Crippen LogP contribution in [0.5, 0.6) is 5.75 Å². The zero-order chi connectivity index (χ0) is 14.5. The third kappa shape index (κ3) is 3.77. The van der Waals surface area contributed by atoms with Crippen LogP contribution in [0.15, 0.2) is 51.8 Å². The molecule has 0 aromatic heterocycles. The molecule has 3 N–H and O–H groups in total. The summed E-state index contributed by atoms with van der Waals surface area (Å²) in [4.78, 5) is 1.18. The van der Waals surface area contributed by atoms with E-state index < -0.39 is 0 Å². The van der Waals surface area contributed by atoms with Crippen molar-refractivity contribution >= 4 is 33.5 Å². The molecule has 0 atom stereocenters. The lowest BCUT2D eigenvalue weighted by molar-refractivity contribution is 0.411. The van der Waals surface area contributed by atoms with Gasteiger partial charge in [-0.05, 0) is 42.5 Å². The third-order valence-electron chi connectivity index (χ3n) is 2.80. The second kappa shape index (κ2) is 6.81. The van der Waals surface area contributed by atoms with E-state index in [1.165, 1.54) is 4.90 Å². The van der Waals surface area contributed by atoms with Gasteiger partial charge in [0.05, 0.1) is 7.11 Å². The van der Waals surface area contributed by atoms with Crippen molar-refractivity contribution in [3.05, 3.63) is 58.1 Å². The van der Waals surface area contributed by atoms with Gasteiger partial charge in [-0.15, -0.1) is 11.8 Å². The molecule has 0 saturated heterocycles. The Balaban J connectivity index is 2.16. The maximum Gasteiger partial charge on any atom is 0.122 e. The van der Waals surface area contributed by atoms with E-state index in [1.807, 2.05) is 24.3 Å². The number of benzene rings is 2. The van der Waals surface area contributed by atoms with Crippen molar-refractivity contribution in [2.24, 2.45) is 5.73 Å². The number of hydrogen-bond donors (Lipinski definition) is 2. The first kappa shape index (κ1) is 14.9. The summed E-state index contributed by atoms with van der Waals surface area (Å²) in [6, 6.07) is 13.7. The third-order valence-corrected chi connectivity index (χ3v) is 4.39. The molecule has 2 aromatic carbocycles. The van der Waals surface area contributed by atoms with Crippen molar-refractivity contribution in [1.82, 2.24) is 0 Å². The highest BCUT2D eigenvalue weighted by atomic mass is 79.9. The zero-order valence-electron chi connectivity index (χ0n) is 11.0. The van der Waals surface area contributed by atoms with Gasteiger partial charge >= 0.3 is 0 Å². The van der Waals surface area contributed by atoms with Crippen molar-refractivity contribution in [3.63, 3.8) is 0 Å². The Bertz CT molecular complexity index is 614. The number of hydrogen-bond acceptors (Lipinski definition) is 3. The first-order chi connectivity index (χ1) is 9.60. The fraction of sp³-hybridized carbons (Fsp3) is 0.133. The van der Waals surface area contributed by atoms with Crippen LogP contribution in [0.1, 0.15) is 11.1 Å². The van der Waals surface area contributed by atoms with E-state index in [2.05, 4.69) is 28.1 Å². The average Bonchev–Trinajstić information content (AvgIpc) is 2.46. The molecule has 2 rings (SSSR count). The van der Waals surface area contributed by atoms with E-state index >= 15 is 0 Å². The van der Waals surface area contributed by atoms with E-state index in [4.69, 9.17) is 15.9 Å². The zero-order valence-corrected chi connectivity index (χ0v) is 13.4. The van der Waals surface area contributed by atoms with Gasteiger partial charge in [0.1, 0.15) is 11.6 Å². The van der Waals surface area contributed by atoms with Crippen LogP contribution in [0.4, 0.5) is 0 Å². The highest BCUT2D eigenvalue weighted by Gasteiger charge is 2.07. The lowest BCUT2D eigenvalue weighted by atomic mass is 10.1. The van der Waals surface area contributed by atoms with Crippen molar-refractivity contribution in [2.45, 2.75) is 10.6 Å². The van der Waals surface area contributed by atoms with Crippen LogP contribution in [-0.4, -0.2) is 12.9 Å². The van der Waals surface area contributed by atoms with Gasteiger partial charge in [0.25, 0.3) is 0 Å². The van der Waals surface area contributed by atoms with Crippen LogP contribution < -0.4 is 10.5 Å². The first-order valence-corrected chi connectivity index (χ1v) is 7.77. The fourth-order valence-electron chi connectivity index (χ4n) is 1.75. The molecule has 0 heterocycles. The van der Waals surface area contributed by atoms with Gasteiger partial charge in [-0.25, -0.2) is 0 Å². The van der Waals surface area contributed by atoms with Crippen LogP contribution in [0, 0.1) is 5.41 Å². The Labute approximate surface area is 131 Å². The monoisotopic (exact) mass is 350 g/mol. The summed E-state index contributed by atoms with van der Waals surface area (Å²) < 4.78 is 6.42. The molecule has 0 fully saturated rings. The second-order valence-corrected chi connectivity index (χ2v) is 6.15. The van der Waals surface area contributed by atoms with E-state index in [1.54, 1.807) is 24.9 Å². The van der Waals surface area contributed by atoms with Gasteiger partial charge in [0.2, 0.25) is 0 Å². The van der Waals surface area contributed by atoms with Crippen LogP contribution >= 0.6 is 27.7 Å². The molecule has 0 spiro atoms. The number of ether oxygens (including phenoxy) is 1. The predicted molar refractivity (Wildman–Crippen MR) is 87.7 cm³/mol. The molecule has 20 heavy (non-hydrogen) atoms. The summed E-state index contributed by atoms with van der Waals surface area (Å²) in [6.07, 6.45) is 0. The van der Waals surface area contributed by atoms with Gasteiger partial charge in [-0.2, -0.15) is 0 Å². The molecule has 0 aliphatic rings. The van der Waals surface area contributed by atoms with Crippen LogP contribution in [0.3, 0.4) is 0 Å². The van der Waals surface area contributed by atoms with E-state index in [0.29, 0.717) is 0 Å². The summed E-state index contributed by atoms with van der Waals surface area (Å²) >= 11 is 5.14. The molecule has 5 heteroatoms. The number of halogens is 1. The van der Waals surface area contributed by atoms with Gasteiger partial charge in [0, 0.05) is 26.2 Å². The molecule has 104 valence electrons. The Morgan fingerprint density at radius 3 is 2.55 bits per heavy atom. The van der Waals surface area contributed by atoms with Gasteiger partial charge in [-0.1, -0.05) is 15.9 Å². The number of nitrogens with two attached hydrogens (primary N) is 1. The second-order valence-electron chi connectivity index (χ2n) is 4.18. The van der Waals surface area contributed by atoms with Crippen LogP contribution in [-0.2, 0) is 5.75 Å². The van der Waals surface area contributed by atoms with E-state index in [0.717, 1.165) is 27.1 Å². The number of rotatable bonds is 5. The molecule has 0 radical (unpaired) electrons. The minimum absolute atomic E-state index is 0.0718. The quantitative estimate of drug-likeness (QED) is 0.486. The number of amidine groups is 1. The molecular weight excluding hydrogens is 336 g/mol. The average molecular weight is 351 g/mol. The number of nitrogens with one attached hydrogen (secondary N) is 1. The van der Waals surface area contributed by atoms with E-state index in [-0.39, 0.29) is 5.84 Å². The number of nitrogen functional groups attached to an aromatic ring is 1. The smallest absolute Gasteiger partial charge is 0.122 e. The van der Waals surface area contributed by atoms with Gasteiger partial charge in [0.15, 0.2) is 0 Å². The minimum Gasteiger partial charge on any atom is -0.496 e. The molecule has 2 aromatic rings. The Morgan fingerprint density at radius 1 is 1.25 bits per heavy atom. The molecule has 3 nitrogen and oxygen atoms in total. The highest BCUT2D eigenvalue weighted by molar-refractivity contribution is 9.10. The van der Waals surface area contributed by atoms with Crippen LogP contribution in [0.2, 0.25) is 0 Å². The van der Waals surface area contributed by atoms with Crippen LogP contribution in [0.25, 0.3) is 0 Å². The first-order valence-electron chi connectivity index (χ1n) is 6.00. The standard InChI is InChI=1S/C15H15BrN2OS/c1-19-14-7-2-10(15(17)18)8-11(14)9-20-13-5-3-12(16)4-6-13/h2-8H,9H2,1H3,(H3,17,18). The summed E-state index contributed by atoms with van der Waals surface area (Å²) in [5, 5.41) is 7.50. The fourth-order valence-corrected chi connectivity index (χ4v) is 2.89. The van der Waals surface area contributed by atoms with Crippen molar-refractivity contribution < 1.29 is 4.74 Å². The lowest BCUT2D eigenvalue weighted by Crippen LogP contribution is -2.11. The number of thioether (sulfide) groups is 1. The Morgan fingerprint density at radius 2 is 1.95 bits per heavy atom. The minimum atomic E-state index is 0.0718. The molecular formula is C15H15BrN2OS.